The van der Waals surface area contributed by atoms with Crippen molar-refractivity contribution in [2.75, 3.05) is 20.3 Å². The Bertz CT molecular complexity index is 1500. The lowest BCUT2D eigenvalue weighted by Crippen LogP contribution is -2.61. The average Bonchev–Trinajstić information content (AvgIpc) is 3.13. The van der Waals surface area contributed by atoms with Gasteiger partial charge in [0.05, 0.1) is 56.8 Å². The molecule has 0 radical (unpaired) electrons. The largest absolute Gasteiger partial charge is 0.481 e. The Hall–Kier alpha value is -4.00. The highest BCUT2D eigenvalue weighted by atomic mass is 16.8. The fourth-order valence-corrected chi connectivity index (χ4v) is 6.40. The monoisotopic (exact) mass is 776 g/mol. The van der Waals surface area contributed by atoms with Crippen LogP contribution in [0.2, 0.25) is 0 Å². The average molecular weight is 777 g/mol. The van der Waals surface area contributed by atoms with Crippen molar-refractivity contribution >= 4 is 23.9 Å². The SMILES string of the molecule is CC=C1C(OC2OC(CO)C(O)C(O)C2O)OC=C(C(=O)OC2C(O)C(CO)OC(OC3OC=C(C(=O)OC)C(CC(=O)O)C3=CC)C2O)C1CC(=O)O. The quantitative estimate of drug-likeness (QED) is 0.0660. The molecule has 4 aliphatic heterocycles. The molecule has 0 aliphatic carbocycles. The normalized spacial score (nSPS) is 38.4. The maximum atomic E-state index is 13.7. The van der Waals surface area contributed by atoms with Crippen molar-refractivity contribution in [1.82, 2.24) is 0 Å². The second kappa shape index (κ2) is 18.6. The van der Waals surface area contributed by atoms with Crippen LogP contribution in [0.3, 0.4) is 0 Å². The van der Waals surface area contributed by atoms with E-state index in [1.54, 1.807) is 0 Å². The number of ether oxygens (including phenoxy) is 8. The molecule has 0 amide bonds. The van der Waals surface area contributed by atoms with E-state index in [1.807, 2.05) is 0 Å². The Kier molecular flexibility index (Phi) is 14.7. The summed E-state index contributed by atoms with van der Waals surface area (Å²) in [5, 5.41) is 91.6. The predicted octanol–water partition coefficient (Wildman–Crippen LogP) is -3.10. The van der Waals surface area contributed by atoms with Gasteiger partial charge >= 0.3 is 23.9 Å². The maximum absolute atomic E-state index is 13.7. The fraction of sp³-hybridized carbons (Fsp3) is 0.636. The molecular formula is C33H44O21. The molecule has 4 heterocycles. The molecule has 0 bridgehead atoms. The molecule has 0 spiro atoms. The smallest absolute Gasteiger partial charge is 0.338 e. The summed E-state index contributed by atoms with van der Waals surface area (Å²) < 4.78 is 43.6. The number of allylic oxidation sites excluding steroid dienone is 2. The topological polar surface area (TPSA) is 324 Å². The van der Waals surface area contributed by atoms with Crippen LogP contribution < -0.4 is 0 Å². The molecule has 0 aromatic carbocycles. The minimum absolute atomic E-state index is 0.00467. The maximum Gasteiger partial charge on any atom is 0.338 e. The zero-order valence-corrected chi connectivity index (χ0v) is 29.1. The van der Waals surface area contributed by atoms with E-state index in [-0.39, 0.29) is 16.7 Å². The van der Waals surface area contributed by atoms with E-state index in [9.17, 15) is 65.1 Å². The molecule has 4 rings (SSSR count). The number of aliphatic carboxylic acids is 2. The van der Waals surface area contributed by atoms with Gasteiger partial charge < -0.3 is 83.9 Å². The van der Waals surface area contributed by atoms with Crippen molar-refractivity contribution in [2.45, 2.75) is 101 Å². The van der Waals surface area contributed by atoms with Gasteiger partial charge in [0.1, 0.15) is 42.7 Å². The fourth-order valence-electron chi connectivity index (χ4n) is 6.40. The van der Waals surface area contributed by atoms with Gasteiger partial charge in [0, 0.05) is 23.0 Å². The molecule has 14 unspecified atom stereocenters. The van der Waals surface area contributed by atoms with Crippen LogP contribution in [0.15, 0.2) is 47.0 Å². The Morgan fingerprint density at radius 2 is 1.11 bits per heavy atom. The number of rotatable bonds is 13. The molecule has 21 heteroatoms. The van der Waals surface area contributed by atoms with Crippen LogP contribution in [0.5, 0.6) is 0 Å². The lowest BCUT2D eigenvalue weighted by Gasteiger charge is -2.43. The molecule has 0 aromatic rings. The van der Waals surface area contributed by atoms with Crippen molar-refractivity contribution in [1.29, 1.82) is 0 Å². The molecule has 4 aliphatic rings. The lowest BCUT2D eigenvalue weighted by molar-refractivity contribution is -0.329. The number of aliphatic hydroxyl groups excluding tert-OH is 7. The highest BCUT2D eigenvalue weighted by Crippen LogP contribution is 2.39. The third kappa shape index (κ3) is 9.09. The van der Waals surface area contributed by atoms with E-state index < -0.39 is 141 Å². The Labute approximate surface area is 306 Å². The van der Waals surface area contributed by atoms with Gasteiger partial charge in [-0.1, -0.05) is 12.2 Å². The number of carbonyl (C=O) groups is 4. The summed E-state index contributed by atoms with van der Waals surface area (Å²) in [5.74, 6) is -7.32. The zero-order valence-electron chi connectivity index (χ0n) is 29.1. The predicted molar refractivity (Wildman–Crippen MR) is 171 cm³/mol. The Morgan fingerprint density at radius 3 is 1.54 bits per heavy atom. The standard InChI is InChI=1S/C33H44O21/c1-4-12-14(6-20(36)37)16(28(45)47-3)10-48-31(12)54-33-26(44)27(23(41)19(9-35)51-33)52-29(46)17-11-49-30(13(5-2)15(17)7-21(38)39)53-32-25(43)24(42)22(40)18(8-34)50-32/h4-5,10-11,14-15,18-19,22-27,30-35,40-44H,6-9H2,1-3H3,(H,36,37)(H,38,39). The van der Waals surface area contributed by atoms with Gasteiger partial charge in [0.15, 0.2) is 18.7 Å². The van der Waals surface area contributed by atoms with E-state index in [4.69, 9.17) is 37.9 Å². The van der Waals surface area contributed by atoms with Crippen molar-refractivity contribution in [3.8, 4) is 0 Å². The summed E-state index contributed by atoms with van der Waals surface area (Å²) in [7, 11) is 1.09. The van der Waals surface area contributed by atoms with Crippen LogP contribution in [0.4, 0.5) is 0 Å². The molecule has 0 saturated carbocycles. The first-order chi connectivity index (χ1) is 25.6. The molecule has 0 aromatic heterocycles. The summed E-state index contributed by atoms with van der Waals surface area (Å²) in [5.41, 5.74) is -0.479. The van der Waals surface area contributed by atoms with Crippen molar-refractivity contribution in [2.24, 2.45) is 11.8 Å². The second-order valence-electron chi connectivity index (χ2n) is 12.5. The first-order valence-electron chi connectivity index (χ1n) is 16.6. The van der Waals surface area contributed by atoms with Gasteiger partial charge in [-0.15, -0.1) is 0 Å². The van der Waals surface area contributed by atoms with E-state index in [2.05, 4.69) is 0 Å². The number of hydrogen-bond acceptors (Lipinski definition) is 19. The summed E-state index contributed by atoms with van der Waals surface area (Å²) in [6.07, 6.45) is -17.5. The number of carbonyl (C=O) groups excluding carboxylic acids is 2. The summed E-state index contributed by atoms with van der Waals surface area (Å²) in [6, 6.07) is 0. The van der Waals surface area contributed by atoms with Crippen molar-refractivity contribution in [3.63, 3.8) is 0 Å². The van der Waals surface area contributed by atoms with Crippen LogP contribution in [0, 0.1) is 11.8 Å². The molecule has 54 heavy (non-hydrogen) atoms. The molecule has 9 N–H and O–H groups in total. The van der Waals surface area contributed by atoms with E-state index in [0.29, 0.717) is 0 Å². The van der Waals surface area contributed by atoms with Crippen LogP contribution in [-0.2, 0) is 57.1 Å². The number of aliphatic hydroxyl groups is 7. The summed E-state index contributed by atoms with van der Waals surface area (Å²) >= 11 is 0. The van der Waals surface area contributed by atoms with Crippen molar-refractivity contribution < 1.29 is 103 Å². The second-order valence-corrected chi connectivity index (χ2v) is 12.5. The van der Waals surface area contributed by atoms with Crippen LogP contribution in [0.25, 0.3) is 0 Å². The molecule has 2 saturated heterocycles. The van der Waals surface area contributed by atoms with Gasteiger partial charge in [0.2, 0.25) is 12.6 Å². The number of carboxylic acids is 2. The number of carboxylic acid groups (broad SMARTS) is 2. The third-order valence-electron chi connectivity index (χ3n) is 9.25. The number of esters is 2. The number of hydrogen-bond donors (Lipinski definition) is 9. The first-order valence-corrected chi connectivity index (χ1v) is 16.6. The number of methoxy groups -OCH3 is 1. The Morgan fingerprint density at radius 1 is 0.667 bits per heavy atom. The summed E-state index contributed by atoms with van der Waals surface area (Å²) in [6.45, 7) is 1.30. The van der Waals surface area contributed by atoms with Gasteiger partial charge in [-0.05, 0) is 13.8 Å². The van der Waals surface area contributed by atoms with Crippen LogP contribution >= 0.6 is 0 Å². The highest BCUT2D eigenvalue weighted by molar-refractivity contribution is 5.91. The van der Waals surface area contributed by atoms with Gasteiger partial charge in [-0.3, -0.25) is 9.59 Å². The molecule has 2 fully saturated rings. The van der Waals surface area contributed by atoms with Gasteiger partial charge in [-0.25, -0.2) is 9.59 Å². The minimum atomic E-state index is -2.02. The van der Waals surface area contributed by atoms with Gasteiger partial charge in [0.25, 0.3) is 0 Å². The molecule has 302 valence electrons. The van der Waals surface area contributed by atoms with E-state index >= 15 is 0 Å². The van der Waals surface area contributed by atoms with Gasteiger partial charge in [-0.2, -0.15) is 0 Å². The lowest BCUT2D eigenvalue weighted by atomic mass is 9.86. The minimum Gasteiger partial charge on any atom is -0.481 e. The van der Waals surface area contributed by atoms with E-state index in [0.717, 1.165) is 19.6 Å². The molecular weight excluding hydrogens is 732 g/mol. The molecule has 14 atom stereocenters. The van der Waals surface area contributed by atoms with Crippen LogP contribution in [0.1, 0.15) is 26.7 Å². The van der Waals surface area contributed by atoms with Crippen molar-refractivity contribution in [3.05, 3.63) is 47.0 Å². The highest BCUT2D eigenvalue weighted by Gasteiger charge is 2.51. The van der Waals surface area contributed by atoms with E-state index in [1.165, 1.54) is 26.0 Å². The zero-order chi connectivity index (χ0) is 40.0. The van der Waals surface area contributed by atoms with Crippen LogP contribution in [-0.4, -0.2) is 164 Å². The third-order valence-corrected chi connectivity index (χ3v) is 9.25. The first kappa shape index (κ1) is 42.7. The molecule has 21 nitrogen and oxygen atoms in total. The Balaban J connectivity index is 1.57. The summed E-state index contributed by atoms with van der Waals surface area (Å²) in [4.78, 5) is 49.7.